The van der Waals surface area contributed by atoms with Crippen molar-refractivity contribution in [3.63, 3.8) is 0 Å². The molecule has 0 N–H and O–H groups in total. The summed E-state index contributed by atoms with van der Waals surface area (Å²) >= 11 is 3.29. The second-order valence-electron chi connectivity index (χ2n) is 2.35. The number of halogens is 1. The summed E-state index contributed by atoms with van der Waals surface area (Å²) in [6, 6.07) is 1.89. The van der Waals surface area contributed by atoms with E-state index in [0.717, 1.165) is 15.9 Å². The Hall–Kier alpha value is -0.830. The summed E-state index contributed by atoms with van der Waals surface area (Å²) in [5.74, 6) is 0.814. The number of hydrogen-bond acceptors (Lipinski definition) is 2. The Labute approximate surface area is 87.8 Å². The topological polar surface area (TPSA) is 22.1 Å². The minimum absolute atomic E-state index is 0.814. The zero-order chi connectivity index (χ0) is 10.3. The van der Waals surface area contributed by atoms with E-state index < -0.39 is 0 Å². The summed E-state index contributed by atoms with van der Waals surface area (Å²) in [6.45, 7) is 7.16. The van der Waals surface area contributed by atoms with E-state index in [1.54, 1.807) is 19.4 Å². The predicted octanol–water partition coefficient (Wildman–Crippen LogP) is 3.35. The number of pyridine rings is 1. The Bertz CT molecular complexity index is 274. The zero-order valence-corrected chi connectivity index (χ0v) is 9.76. The molecular weight excluding hydrogens is 230 g/mol. The molecule has 0 unspecified atom stereocenters. The second kappa shape index (κ2) is 6.66. The average Bonchev–Trinajstić information content (AvgIpc) is 2.10. The number of aryl methyl sites for hydroxylation is 1. The third kappa shape index (κ3) is 4.68. The number of rotatable bonds is 1. The maximum atomic E-state index is 5.03. The van der Waals surface area contributed by atoms with Gasteiger partial charge in [0.05, 0.1) is 12.8 Å². The molecule has 1 aromatic heterocycles. The van der Waals surface area contributed by atoms with Crippen molar-refractivity contribution in [2.45, 2.75) is 13.8 Å². The molecule has 0 atom stereocenters. The van der Waals surface area contributed by atoms with Crippen molar-refractivity contribution in [2.75, 3.05) is 7.11 Å². The van der Waals surface area contributed by atoms with Gasteiger partial charge in [0, 0.05) is 10.7 Å². The van der Waals surface area contributed by atoms with Crippen LogP contribution in [0.4, 0.5) is 0 Å². The molecule has 0 aromatic carbocycles. The fourth-order valence-electron chi connectivity index (χ4n) is 0.696. The van der Waals surface area contributed by atoms with Crippen LogP contribution in [0.25, 0.3) is 0 Å². The van der Waals surface area contributed by atoms with Crippen molar-refractivity contribution in [2.24, 2.45) is 0 Å². The quantitative estimate of drug-likeness (QED) is 0.706. The summed E-state index contributed by atoms with van der Waals surface area (Å²) < 4.78 is 5.97. The normalized spacial score (nSPS) is 8.31. The van der Waals surface area contributed by atoms with Crippen LogP contribution >= 0.6 is 15.9 Å². The van der Waals surface area contributed by atoms with E-state index in [4.69, 9.17) is 4.74 Å². The third-order valence-electron chi connectivity index (χ3n) is 1.23. The van der Waals surface area contributed by atoms with Crippen molar-refractivity contribution < 1.29 is 4.74 Å². The van der Waals surface area contributed by atoms with Gasteiger partial charge in [-0.3, -0.25) is 4.98 Å². The van der Waals surface area contributed by atoms with Crippen molar-refractivity contribution in [1.82, 2.24) is 4.98 Å². The maximum Gasteiger partial charge on any atom is 0.141 e. The van der Waals surface area contributed by atoms with Crippen LogP contribution in [0.1, 0.15) is 12.6 Å². The molecule has 0 radical (unpaired) electrons. The number of methoxy groups -OCH3 is 1. The van der Waals surface area contributed by atoms with E-state index in [-0.39, 0.29) is 0 Å². The van der Waals surface area contributed by atoms with Crippen LogP contribution in [-0.2, 0) is 0 Å². The predicted molar refractivity (Wildman–Crippen MR) is 59.1 cm³/mol. The molecular formula is C10H14BrNO. The Morgan fingerprint density at radius 2 is 2.15 bits per heavy atom. The standard InChI is InChI=1S/C7H8BrNO.C3H6/c1-5-7(10-2)3-6(8)4-9-5;1-3-2/h3-4H,1-2H3;3H,1H2,2H3. The van der Waals surface area contributed by atoms with Gasteiger partial charge in [-0.25, -0.2) is 0 Å². The van der Waals surface area contributed by atoms with Crippen molar-refractivity contribution >= 4 is 15.9 Å². The lowest BCUT2D eigenvalue weighted by molar-refractivity contribution is 0.409. The maximum absolute atomic E-state index is 5.03. The van der Waals surface area contributed by atoms with Crippen LogP contribution in [-0.4, -0.2) is 12.1 Å². The first kappa shape index (κ1) is 12.2. The number of nitrogens with zero attached hydrogens (tertiary/aromatic N) is 1. The second-order valence-corrected chi connectivity index (χ2v) is 3.27. The average molecular weight is 244 g/mol. The van der Waals surface area contributed by atoms with Gasteiger partial charge in [0.2, 0.25) is 0 Å². The Kier molecular flexibility index (Phi) is 6.24. The van der Waals surface area contributed by atoms with E-state index in [2.05, 4.69) is 27.5 Å². The summed E-state index contributed by atoms with van der Waals surface area (Å²) in [4.78, 5) is 4.08. The first-order valence-corrected chi connectivity index (χ1v) is 4.68. The molecule has 0 aliphatic carbocycles. The number of hydrogen-bond donors (Lipinski definition) is 0. The monoisotopic (exact) mass is 243 g/mol. The smallest absolute Gasteiger partial charge is 0.141 e. The molecule has 0 aliphatic heterocycles. The molecule has 1 aromatic rings. The Morgan fingerprint density at radius 3 is 2.54 bits per heavy atom. The van der Waals surface area contributed by atoms with E-state index in [0.29, 0.717) is 0 Å². The molecule has 0 fully saturated rings. The molecule has 72 valence electrons. The summed E-state index contributed by atoms with van der Waals surface area (Å²) in [5.41, 5.74) is 0.908. The van der Waals surface area contributed by atoms with Crippen LogP contribution in [0.15, 0.2) is 29.4 Å². The lowest BCUT2D eigenvalue weighted by Gasteiger charge is -2.01. The Morgan fingerprint density at radius 1 is 1.62 bits per heavy atom. The van der Waals surface area contributed by atoms with Crippen LogP contribution < -0.4 is 4.74 Å². The van der Waals surface area contributed by atoms with Crippen LogP contribution in [0, 0.1) is 6.92 Å². The summed E-state index contributed by atoms with van der Waals surface area (Å²) in [7, 11) is 1.64. The van der Waals surface area contributed by atoms with Gasteiger partial charge < -0.3 is 4.74 Å². The molecule has 0 spiro atoms. The van der Waals surface area contributed by atoms with Gasteiger partial charge >= 0.3 is 0 Å². The molecule has 0 saturated carbocycles. The lowest BCUT2D eigenvalue weighted by atomic mass is 10.3. The van der Waals surface area contributed by atoms with Gasteiger partial charge in [-0.2, -0.15) is 0 Å². The van der Waals surface area contributed by atoms with Crippen LogP contribution in [0.2, 0.25) is 0 Å². The van der Waals surface area contributed by atoms with Crippen LogP contribution in [0.5, 0.6) is 5.75 Å². The zero-order valence-electron chi connectivity index (χ0n) is 8.17. The van der Waals surface area contributed by atoms with Crippen LogP contribution in [0.3, 0.4) is 0 Å². The van der Waals surface area contributed by atoms with Gasteiger partial charge in [-0.05, 0) is 35.8 Å². The van der Waals surface area contributed by atoms with E-state index in [1.165, 1.54) is 0 Å². The Balaban J connectivity index is 0.000000424. The lowest BCUT2D eigenvalue weighted by Crippen LogP contribution is -1.89. The van der Waals surface area contributed by atoms with Gasteiger partial charge in [0.1, 0.15) is 5.75 Å². The van der Waals surface area contributed by atoms with Gasteiger partial charge in [0.15, 0.2) is 0 Å². The molecule has 3 heteroatoms. The number of allylic oxidation sites excluding steroid dienone is 1. The first-order valence-electron chi connectivity index (χ1n) is 3.88. The van der Waals surface area contributed by atoms with Gasteiger partial charge in [-0.1, -0.05) is 6.08 Å². The molecule has 1 rings (SSSR count). The summed E-state index contributed by atoms with van der Waals surface area (Å²) in [6.07, 6.45) is 3.50. The molecule has 0 amide bonds. The molecule has 0 saturated heterocycles. The minimum atomic E-state index is 0.814. The highest BCUT2D eigenvalue weighted by Gasteiger charge is 1.97. The SMILES string of the molecule is C=CC.COc1cc(Br)cnc1C. The molecule has 13 heavy (non-hydrogen) atoms. The highest BCUT2D eigenvalue weighted by molar-refractivity contribution is 9.10. The fourth-order valence-corrected chi connectivity index (χ4v) is 1.01. The first-order chi connectivity index (χ1) is 6.15. The van der Waals surface area contributed by atoms with Crippen molar-refractivity contribution in [3.05, 3.63) is 35.1 Å². The molecule has 0 aliphatic rings. The molecule has 1 heterocycles. The number of aromatic nitrogens is 1. The molecule has 0 bridgehead atoms. The van der Waals surface area contributed by atoms with E-state index >= 15 is 0 Å². The van der Waals surface area contributed by atoms with Gasteiger partial charge in [-0.15, -0.1) is 6.58 Å². The number of ether oxygens (including phenoxy) is 1. The largest absolute Gasteiger partial charge is 0.495 e. The van der Waals surface area contributed by atoms with Gasteiger partial charge in [0.25, 0.3) is 0 Å². The highest BCUT2D eigenvalue weighted by Crippen LogP contribution is 2.19. The molecule has 2 nitrogen and oxygen atoms in total. The fraction of sp³-hybridized carbons (Fsp3) is 0.300. The summed E-state index contributed by atoms with van der Waals surface area (Å²) in [5, 5.41) is 0. The minimum Gasteiger partial charge on any atom is -0.495 e. The third-order valence-corrected chi connectivity index (χ3v) is 1.66. The van der Waals surface area contributed by atoms with E-state index in [9.17, 15) is 0 Å². The highest BCUT2D eigenvalue weighted by atomic mass is 79.9. The van der Waals surface area contributed by atoms with Crippen molar-refractivity contribution in [3.8, 4) is 5.75 Å². The van der Waals surface area contributed by atoms with Crippen molar-refractivity contribution in [1.29, 1.82) is 0 Å². The van der Waals surface area contributed by atoms with E-state index in [1.807, 2.05) is 19.9 Å².